The summed E-state index contributed by atoms with van der Waals surface area (Å²) in [6, 6.07) is 8.40. The average Bonchev–Trinajstić information content (AvgIpc) is 3.44. The van der Waals surface area contributed by atoms with E-state index in [1.165, 1.54) is 12.3 Å². The molecule has 0 radical (unpaired) electrons. The highest BCUT2D eigenvalue weighted by Crippen LogP contribution is 2.29. The van der Waals surface area contributed by atoms with E-state index in [4.69, 9.17) is 0 Å². The molecule has 0 spiro atoms. The molecule has 0 aliphatic heterocycles. The average molecular weight is 433 g/mol. The van der Waals surface area contributed by atoms with Crippen molar-refractivity contribution >= 4 is 22.7 Å². The van der Waals surface area contributed by atoms with E-state index in [9.17, 15) is 19.2 Å². The molecule has 4 rings (SSSR count). The first-order chi connectivity index (χ1) is 15.4. The van der Waals surface area contributed by atoms with Crippen LogP contribution in [0.2, 0.25) is 0 Å². The SMILES string of the molecule is CCC(=O)N[C@H]1CC[C@@H](N(C)C(=O)c2ccc(-c3cc4c(C#N)c[nH]c4cc3F)nc2)C1. The number of nitriles is 1. The zero-order chi connectivity index (χ0) is 22.8. The molecular formula is C24H24FN5O2. The largest absolute Gasteiger partial charge is 0.360 e. The van der Waals surface area contributed by atoms with Crippen molar-refractivity contribution in [3.63, 3.8) is 0 Å². The molecule has 2 N–H and O–H groups in total. The number of H-pyrrole nitrogens is 1. The van der Waals surface area contributed by atoms with Gasteiger partial charge in [0, 0.05) is 54.4 Å². The van der Waals surface area contributed by atoms with Gasteiger partial charge in [0.25, 0.3) is 5.91 Å². The number of aromatic nitrogens is 2. The number of carbonyl (C=O) groups excluding carboxylic acids is 2. The molecule has 8 heteroatoms. The first kappa shape index (κ1) is 21.5. The van der Waals surface area contributed by atoms with Crippen molar-refractivity contribution in [3.8, 4) is 17.3 Å². The van der Waals surface area contributed by atoms with Crippen LogP contribution in [0.4, 0.5) is 4.39 Å². The minimum atomic E-state index is -0.460. The van der Waals surface area contributed by atoms with Crippen molar-refractivity contribution in [2.24, 2.45) is 0 Å². The Kier molecular flexibility index (Phi) is 5.91. The Morgan fingerprint density at radius 1 is 1.34 bits per heavy atom. The van der Waals surface area contributed by atoms with E-state index in [-0.39, 0.29) is 29.5 Å². The Hall–Kier alpha value is -3.73. The molecule has 2 heterocycles. The van der Waals surface area contributed by atoms with Gasteiger partial charge in [-0.2, -0.15) is 5.26 Å². The number of halogens is 1. The molecular weight excluding hydrogens is 409 g/mol. The van der Waals surface area contributed by atoms with Crippen LogP contribution in [0, 0.1) is 17.1 Å². The monoisotopic (exact) mass is 433 g/mol. The molecule has 1 fully saturated rings. The molecule has 1 aromatic carbocycles. The summed E-state index contributed by atoms with van der Waals surface area (Å²) in [5.41, 5.74) is 2.04. The van der Waals surface area contributed by atoms with Gasteiger partial charge in [0.2, 0.25) is 5.91 Å². The number of rotatable bonds is 5. The van der Waals surface area contributed by atoms with E-state index < -0.39 is 5.82 Å². The van der Waals surface area contributed by atoms with Crippen LogP contribution in [0.3, 0.4) is 0 Å². The van der Waals surface area contributed by atoms with Gasteiger partial charge in [0.1, 0.15) is 11.9 Å². The van der Waals surface area contributed by atoms with Gasteiger partial charge in [-0.25, -0.2) is 4.39 Å². The fraction of sp³-hybridized carbons (Fsp3) is 0.333. The lowest BCUT2D eigenvalue weighted by Gasteiger charge is -2.25. The van der Waals surface area contributed by atoms with E-state index in [1.54, 1.807) is 36.3 Å². The minimum Gasteiger partial charge on any atom is -0.360 e. The normalized spacial score (nSPS) is 17.8. The molecule has 1 aliphatic rings. The minimum absolute atomic E-state index is 0.0244. The van der Waals surface area contributed by atoms with Crippen molar-refractivity contribution < 1.29 is 14.0 Å². The Labute approximate surface area is 185 Å². The van der Waals surface area contributed by atoms with Gasteiger partial charge < -0.3 is 15.2 Å². The predicted molar refractivity (Wildman–Crippen MR) is 118 cm³/mol. The summed E-state index contributed by atoms with van der Waals surface area (Å²) >= 11 is 0. The van der Waals surface area contributed by atoms with E-state index >= 15 is 0 Å². The second-order valence-electron chi connectivity index (χ2n) is 8.12. The lowest BCUT2D eigenvalue weighted by atomic mass is 10.1. The van der Waals surface area contributed by atoms with Gasteiger partial charge >= 0.3 is 0 Å². The number of benzene rings is 1. The summed E-state index contributed by atoms with van der Waals surface area (Å²) in [4.78, 5) is 33.5. The van der Waals surface area contributed by atoms with Crippen LogP contribution in [-0.2, 0) is 4.79 Å². The molecule has 32 heavy (non-hydrogen) atoms. The Balaban J connectivity index is 1.50. The summed E-state index contributed by atoms with van der Waals surface area (Å²) in [6.07, 6.45) is 5.83. The van der Waals surface area contributed by atoms with Crippen LogP contribution in [-0.4, -0.2) is 45.8 Å². The maximum absolute atomic E-state index is 14.6. The van der Waals surface area contributed by atoms with Crippen LogP contribution in [0.5, 0.6) is 0 Å². The molecule has 0 unspecified atom stereocenters. The fourth-order valence-electron chi connectivity index (χ4n) is 4.25. The second-order valence-corrected chi connectivity index (χ2v) is 8.12. The first-order valence-corrected chi connectivity index (χ1v) is 10.6. The number of nitrogens with zero attached hydrogens (tertiary/aromatic N) is 3. The lowest BCUT2D eigenvalue weighted by Crippen LogP contribution is -2.38. The molecule has 2 atom stereocenters. The molecule has 1 aliphatic carbocycles. The maximum atomic E-state index is 14.6. The zero-order valence-corrected chi connectivity index (χ0v) is 18.0. The molecule has 164 valence electrons. The third-order valence-corrected chi connectivity index (χ3v) is 6.14. The first-order valence-electron chi connectivity index (χ1n) is 10.6. The summed E-state index contributed by atoms with van der Waals surface area (Å²) in [7, 11) is 1.76. The third-order valence-electron chi connectivity index (χ3n) is 6.14. The van der Waals surface area contributed by atoms with Crippen molar-refractivity contribution in [2.75, 3.05) is 7.05 Å². The number of amides is 2. The topological polar surface area (TPSA) is 102 Å². The van der Waals surface area contributed by atoms with Crippen LogP contribution in [0.15, 0.2) is 36.7 Å². The Morgan fingerprint density at radius 2 is 2.16 bits per heavy atom. The highest BCUT2D eigenvalue weighted by molar-refractivity contribution is 5.94. The number of hydrogen-bond donors (Lipinski definition) is 2. The molecule has 7 nitrogen and oxygen atoms in total. The van der Waals surface area contributed by atoms with Crippen molar-refractivity contribution in [3.05, 3.63) is 53.6 Å². The summed E-state index contributed by atoms with van der Waals surface area (Å²) in [5, 5.41) is 12.8. The third kappa shape index (κ3) is 4.06. The summed E-state index contributed by atoms with van der Waals surface area (Å²) in [6.45, 7) is 1.82. The van der Waals surface area contributed by atoms with Crippen LogP contribution < -0.4 is 5.32 Å². The maximum Gasteiger partial charge on any atom is 0.255 e. The van der Waals surface area contributed by atoms with E-state index in [2.05, 4.69) is 21.4 Å². The number of fused-ring (bicyclic) bond motifs is 1. The number of aromatic amines is 1. The fourth-order valence-corrected chi connectivity index (χ4v) is 4.25. The van der Waals surface area contributed by atoms with E-state index in [1.807, 2.05) is 6.92 Å². The van der Waals surface area contributed by atoms with Crippen LogP contribution in [0.25, 0.3) is 22.2 Å². The van der Waals surface area contributed by atoms with Gasteiger partial charge in [-0.05, 0) is 43.5 Å². The highest BCUT2D eigenvalue weighted by atomic mass is 19.1. The number of nitrogens with one attached hydrogen (secondary N) is 2. The van der Waals surface area contributed by atoms with Gasteiger partial charge in [-0.1, -0.05) is 6.92 Å². The second kappa shape index (κ2) is 8.79. The smallest absolute Gasteiger partial charge is 0.255 e. The number of pyridine rings is 1. The summed E-state index contributed by atoms with van der Waals surface area (Å²) in [5.74, 6) is -0.597. The highest BCUT2D eigenvalue weighted by Gasteiger charge is 2.31. The van der Waals surface area contributed by atoms with Crippen molar-refractivity contribution in [1.82, 2.24) is 20.2 Å². The summed E-state index contributed by atoms with van der Waals surface area (Å²) < 4.78 is 14.6. The number of hydrogen-bond acceptors (Lipinski definition) is 4. The van der Waals surface area contributed by atoms with Crippen molar-refractivity contribution in [1.29, 1.82) is 5.26 Å². The lowest BCUT2D eigenvalue weighted by molar-refractivity contribution is -0.121. The van der Waals surface area contributed by atoms with Crippen LogP contribution in [0.1, 0.15) is 48.5 Å². The van der Waals surface area contributed by atoms with Gasteiger partial charge in [0.15, 0.2) is 0 Å². The standard InChI is InChI=1S/C24H24FN5O2/c1-3-23(31)29-16-5-6-17(8-16)30(2)24(32)14-4-7-21(27-12-14)19-9-18-15(11-26)13-28-22(18)10-20(19)25/h4,7,9-10,12-13,16-17,28H,3,5-6,8H2,1-2H3,(H,29,31)/t16-,17+/m0/s1. The number of carbonyl (C=O) groups is 2. The Bertz CT molecular complexity index is 1210. The van der Waals surface area contributed by atoms with Gasteiger partial charge in [-0.3, -0.25) is 14.6 Å². The quantitative estimate of drug-likeness (QED) is 0.640. The van der Waals surface area contributed by atoms with E-state index in [0.29, 0.717) is 34.1 Å². The molecule has 2 aromatic heterocycles. The van der Waals surface area contributed by atoms with E-state index in [0.717, 1.165) is 19.3 Å². The molecule has 2 amide bonds. The van der Waals surface area contributed by atoms with Gasteiger partial charge in [0.05, 0.1) is 16.8 Å². The van der Waals surface area contributed by atoms with Crippen molar-refractivity contribution in [2.45, 2.75) is 44.7 Å². The predicted octanol–water partition coefficient (Wildman–Crippen LogP) is 3.76. The van der Waals surface area contributed by atoms with Gasteiger partial charge in [-0.15, -0.1) is 0 Å². The Morgan fingerprint density at radius 3 is 2.84 bits per heavy atom. The van der Waals surface area contributed by atoms with Crippen LogP contribution >= 0.6 is 0 Å². The molecule has 0 saturated heterocycles. The zero-order valence-electron chi connectivity index (χ0n) is 18.0. The molecule has 3 aromatic rings. The molecule has 0 bridgehead atoms. The molecule has 1 saturated carbocycles.